The number of rotatable bonds is 2. The molecule has 0 N–H and O–H groups in total. The highest BCUT2D eigenvalue weighted by molar-refractivity contribution is 6.30. The maximum Gasteiger partial charge on any atom is 0.220 e. The number of nitrogens with zero attached hydrogens (tertiary/aromatic N) is 2. The van der Waals surface area contributed by atoms with Gasteiger partial charge in [0.1, 0.15) is 0 Å². The largest absolute Gasteiger partial charge is 0.334 e. The molecule has 108 valence electrons. The second-order valence-corrected chi connectivity index (χ2v) is 5.76. The molecule has 2 aromatic rings. The molecule has 1 aromatic carbocycles. The number of aromatic nitrogens is 1. The summed E-state index contributed by atoms with van der Waals surface area (Å²) in [5.74, 6) is 0.121. The molecule has 1 aromatic heterocycles. The molecule has 4 heteroatoms. The Morgan fingerprint density at radius 1 is 1.24 bits per heavy atom. The molecule has 0 radical (unpaired) electrons. The molecule has 1 atom stereocenters. The molecule has 0 spiro atoms. The molecule has 1 aliphatic rings. The lowest BCUT2D eigenvalue weighted by atomic mass is 10.1. The standard InChI is InChI=1S/C17H17ClN2O/c1-12(21)20-11-3-6-17(20)16-5-2-4-15(19-16)13-7-9-14(18)10-8-13/h2,4-5,7-10,17H,3,6,11H2,1H3/t17-/m0/s1. The number of benzene rings is 1. The van der Waals surface area contributed by atoms with Crippen molar-refractivity contribution >= 4 is 17.5 Å². The third-order valence-corrected chi connectivity index (χ3v) is 4.16. The first kappa shape index (κ1) is 14.1. The number of pyridine rings is 1. The van der Waals surface area contributed by atoms with Crippen molar-refractivity contribution in [3.05, 3.63) is 53.2 Å². The van der Waals surface area contributed by atoms with Gasteiger partial charge >= 0.3 is 0 Å². The number of carbonyl (C=O) groups excluding carboxylic acids is 1. The Balaban J connectivity index is 1.93. The monoisotopic (exact) mass is 300 g/mol. The number of halogens is 1. The minimum atomic E-state index is 0.106. The first-order valence-corrected chi connectivity index (χ1v) is 7.53. The van der Waals surface area contributed by atoms with Gasteiger partial charge in [0, 0.05) is 24.1 Å². The van der Waals surface area contributed by atoms with Crippen molar-refractivity contribution < 1.29 is 4.79 Å². The molecule has 0 saturated carbocycles. The fourth-order valence-electron chi connectivity index (χ4n) is 2.87. The molecule has 2 heterocycles. The SMILES string of the molecule is CC(=O)N1CCC[C@H]1c1cccc(-c2ccc(Cl)cc2)n1. The molecule has 3 rings (SSSR count). The summed E-state index contributed by atoms with van der Waals surface area (Å²) in [5.41, 5.74) is 2.92. The third-order valence-electron chi connectivity index (χ3n) is 3.91. The molecule has 1 saturated heterocycles. The minimum Gasteiger partial charge on any atom is -0.334 e. The van der Waals surface area contributed by atoms with Gasteiger partial charge in [-0.3, -0.25) is 9.78 Å². The van der Waals surface area contributed by atoms with Crippen LogP contribution >= 0.6 is 11.6 Å². The van der Waals surface area contributed by atoms with Gasteiger partial charge in [-0.05, 0) is 37.1 Å². The second-order valence-electron chi connectivity index (χ2n) is 5.33. The van der Waals surface area contributed by atoms with E-state index < -0.39 is 0 Å². The lowest BCUT2D eigenvalue weighted by Gasteiger charge is -2.23. The summed E-state index contributed by atoms with van der Waals surface area (Å²) in [6.07, 6.45) is 2.02. The van der Waals surface area contributed by atoms with Crippen LogP contribution in [-0.2, 0) is 4.79 Å². The van der Waals surface area contributed by atoms with Crippen molar-refractivity contribution in [2.45, 2.75) is 25.8 Å². The molecule has 0 aliphatic carbocycles. The van der Waals surface area contributed by atoms with Gasteiger partial charge in [-0.25, -0.2) is 0 Å². The van der Waals surface area contributed by atoms with Crippen molar-refractivity contribution in [3.8, 4) is 11.3 Å². The van der Waals surface area contributed by atoms with Crippen LogP contribution in [0.1, 0.15) is 31.5 Å². The summed E-state index contributed by atoms with van der Waals surface area (Å²) in [5, 5.41) is 0.716. The first-order chi connectivity index (χ1) is 10.1. The van der Waals surface area contributed by atoms with Crippen molar-refractivity contribution in [1.82, 2.24) is 9.88 Å². The number of carbonyl (C=O) groups is 1. The predicted molar refractivity (Wildman–Crippen MR) is 84.0 cm³/mol. The van der Waals surface area contributed by atoms with E-state index in [2.05, 4.69) is 0 Å². The fraction of sp³-hybridized carbons (Fsp3) is 0.294. The quantitative estimate of drug-likeness (QED) is 0.837. The smallest absolute Gasteiger partial charge is 0.220 e. The summed E-state index contributed by atoms with van der Waals surface area (Å²) in [6.45, 7) is 2.45. The van der Waals surface area contributed by atoms with Crippen LogP contribution in [0.5, 0.6) is 0 Å². The van der Waals surface area contributed by atoms with Gasteiger partial charge in [-0.15, -0.1) is 0 Å². The lowest BCUT2D eigenvalue weighted by Crippen LogP contribution is -2.28. The third kappa shape index (κ3) is 2.93. The van der Waals surface area contributed by atoms with Crippen LogP contribution < -0.4 is 0 Å². The zero-order valence-corrected chi connectivity index (χ0v) is 12.7. The number of likely N-dealkylation sites (tertiary alicyclic amines) is 1. The summed E-state index contributed by atoms with van der Waals surface area (Å²) < 4.78 is 0. The van der Waals surface area contributed by atoms with E-state index in [1.165, 1.54) is 0 Å². The fourth-order valence-corrected chi connectivity index (χ4v) is 3.00. The Bertz CT molecular complexity index is 654. The van der Waals surface area contributed by atoms with Crippen molar-refractivity contribution in [3.63, 3.8) is 0 Å². The van der Waals surface area contributed by atoms with Crippen LogP contribution in [0.15, 0.2) is 42.5 Å². The van der Waals surface area contributed by atoms with E-state index in [1.54, 1.807) is 6.92 Å². The lowest BCUT2D eigenvalue weighted by molar-refractivity contribution is -0.129. The van der Waals surface area contributed by atoms with Crippen LogP contribution in [-0.4, -0.2) is 22.3 Å². The zero-order chi connectivity index (χ0) is 14.8. The number of amides is 1. The summed E-state index contributed by atoms with van der Waals surface area (Å²) in [7, 11) is 0. The zero-order valence-electron chi connectivity index (χ0n) is 11.9. The molecule has 1 amide bonds. The minimum absolute atomic E-state index is 0.106. The highest BCUT2D eigenvalue weighted by Gasteiger charge is 2.28. The highest BCUT2D eigenvalue weighted by atomic mass is 35.5. The topological polar surface area (TPSA) is 33.2 Å². The van der Waals surface area contributed by atoms with Crippen molar-refractivity contribution in [2.75, 3.05) is 6.54 Å². The molecule has 21 heavy (non-hydrogen) atoms. The van der Waals surface area contributed by atoms with E-state index in [0.717, 1.165) is 36.3 Å². The predicted octanol–water partition coefficient (Wildman–Crippen LogP) is 4.09. The van der Waals surface area contributed by atoms with Gasteiger partial charge in [0.25, 0.3) is 0 Å². The number of hydrogen-bond acceptors (Lipinski definition) is 2. The van der Waals surface area contributed by atoms with E-state index in [4.69, 9.17) is 16.6 Å². The van der Waals surface area contributed by atoms with E-state index in [0.29, 0.717) is 5.02 Å². The van der Waals surface area contributed by atoms with Crippen LogP contribution in [0.4, 0.5) is 0 Å². The Hall–Kier alpha value is -1.87. The van der Waals surface area contributed by atoms with E-state index in [-0.39, 0.29) is 11.9 Å². The van der Waals surface area contributed by atoms with E-state index in [1.807, 2.05) is 47.4 Å². The van der Waals surface area contributed by atoms with Gasteiger partial charge in [-0.2, -0.15) is 0 Å². The van der Waals surface area contributed by atoms with Gasteiger partial charge in [0.15, 0.2) is 0 Å². The van der Waals surface area contributed by atoms with Crippen LogP contribution in [0.2, 0.25) is 5.02 Å². The van der Waals surface area contributed by atoms with Crippen molar-refractivity contribution in [1.29, 1.82) is 0 Å². The van der Waals surface area contributed by atoms with Crippen molar-refractivity contribution in [2.24, 2.45) is 0 Å². The average Bonchev–Trinajstić information content (AvgIpc) is 2.98. The molecule has 0 unspecified atom stereocenters. The summed E-state index contributed by atoms with van der Waals surface area (Å²) >= 11 is 5.92. The molecule has 0 bridgehead atoms. The summed E-state index contributed by atoms with van der Waals surface area (Å²) in [4.78, 5) is 18.4. The van der Waals surface area contributed by atoms with Crippen LogP contribution in [0.25, 0.3) is 11.3 Å². The highest BCUT2D eigenvalue weighted by Crippen LogP contribution is 2.32. The molecule has 1 aliphatic heterocycles. The molecule has 3 nitrogen and oxygen atoms in total. The van der Waals surface area contributed by atoms with Gasteiger partial charge in [0.2, 0.25) is 5.91 Å². The van der Waals surface area contributed by atoms with Crippen LogP contribution in [0, 0.1) is 0 Å². The number of hydrogen-bond donors (Lipinski definition) is 0. The molecular weight excluding hydrogens is 284 g/mol. The summed E-state index contributed by atoms with van der Waals surface area (Å²) in [6, 6.07) is 13.8. The molecular formula is C17H17ClN2O. The molecule has 1 fully saturated rings. The maximum atomic E-state index is 11.7. The second kappa shape index (κ2) is 5.86. The first-order valence-electron chi connectivity index (χ1n) is 7.15. The van der Waals surface area contributed by atoms with Gasteiger partial charge < -0.3 is 4.90 Å². The Morgan fingerprint density at radius 3 is 2.71 bits per heavy atom. The van der Waals surface area contributed by atoms with Gasteiger partial charge in [-0.1, -0.05) is 29.8 Å². The Kier molecular flexibility index (Phi) is 3.93. The normalized spacial score (nSPS) is 18.0. The van der Waals surface area contributed by atoms with E-state index >= 15 is 0 Å². The Labute approximate surface area is 129 Å². The van der Waals surface area contributed by atoms with E-state index in [9.17, 15) is 4.79 Å². The van der Waals surface area contributed by atoms with Crippen LogP contribution in [0.3, 0.4) is 0 Å². The average molecular weight is 301 g/mol. The maximum absolute atomic E-state index is 11.7. The van der Waals surface area contributed by atoms with Gasteiger partial charge in [0.05, 0.1) is 17.4 Å². The Morgan fingerprint density at radius 2 is 2.00 bits per heavy atom.